The zero-order valence-electron chi connectivity index (χ0n) is 10.3. The minimum absolute atomic E-state index is 0.0312. The van der Waals surface area contributed by atoms with Gasteiger partial charge in [0.2, 0.25) is 5.13 Å². The van der Waals surface area contributed by atoms with Crippen molar-refractivity contribution < 1.29 is 4.39 Å². The van der Waals surface area contributed by atoms with Crippen molar-refractivity contribution in [2.75, 3.05) is 12.8 Å². The number of nitrogens with zero attached hydrogens (tertiary/aromatic N) is 3. The van der Waals surface area contributed by atoms with Crippen LogP contribution in [-0.4, -0.2) is 22.1 Å². The lowest BCUT2D eigenvalue weighted by molar-refractivity contribution is 0.247. The highest BCUT2D eigenvalue weighted by Crippen LogP contribution is 2.24. The second-order valence-corrected chi connectivity index (χ2v) is 5.24. The molecule has 96 valence electrons. The van der Waals surface area contributed by atoms with E-state index in [1.165, 1.54) is 17.4 Å². The van der Waals surface area contributed by atoms with Gasteiger partial charge in [-0.2, -0.15) is 0 Å². The summed E-state index contributed by atoms with van der Waals surface area (Å²) in [6, 6.07) is 6.77. The molecule has 2 aromatic rings. The van der Waals surface area contributed by atoms with Crippen molar-refractivity contribution in [2.45, 2.75) is 19.5 Å². The molecule has 0 fully saturated rings. The summed E-state index contributed by atoms with van der Waals surface area (Å²) in [4.78, 5) is 2.01. The number of rotatable bonds is 4. The van der Waals surface area contributed by atoms with E-state index < -0.39 is 0 Å². The van der Waals surface area contributed by atoms with Crippen molar-refractivity contribution in [1.29, 1.82) is 0 Å². The predicted molar refractivity (Wildman–Crippen MR) is 70.6 cm³/mol. The number of halogens is 1. The Morgan fingerprint density at radius 2 is 2.11 bits per heavy atom. The smallest absolute Gasteiger partial charge is 0.203 e. The summed E-state index contributed by atoms with van der Waals surface area (Å²) in [6.07, 6.45) is 0. The van der Waals surface area contributed by atoms with E-state index >= 15 is 0 Å². The Morgan fingerprint density at radius 1 is 1.39 bits per heavy atom. The van der Waals surface area contributed by atoms with Crippen molar-refractivity contribution in [3.8, 4) is 0 Å². The molecule has 2 rings (SSSR count). The zero-order valence-corrected chi connectivity index (χ0v) is 11.1. The average molecular weight is 266 g/mol. The maximum Gasteiger partial charge on any atom is 0.203 e. The number of benzene rings is 1. The molecular weight excluding hydrogens is 251 g/mol. The van der Waals surface area contributed by atoms with E-state index in [9.17, 15) is 4.39 Å². The van der Waals surface area contributed by atoms with E-state index in [1.807, 2.05) is 24.9 Å². The molecule has 0 aliphatic carbocycles. The van der Waals surface area contributed by atoms with Crippen molar-refractivity contribution in [2.24, 2.45) is 0 Å². The van der Waals surface area contributed by atoms with Gasteiger partial charge < -0.3 is 5.73 Å². The third kappa shape index (κ3) is 2.83. The molecule has 0 spiro atoms. The maximum atomic E-state index is 13.7. The van der Waals surface area contributed by atoms with Crippen LogP contribution in [0.5, 0.6) is 0 Å². The van der Waals surface area contributed by atoms with E-state index in [1.54, 1.807) is 12.1 Å². The van der Waals surface area contributed by atoms with Crippen molar-refractivity contribution in [3.05, 3.63) is 40.7 Å². The van der Waals surface area contributed by atoms with Gasteiger partial charge in [0.1, 0.15) is 10.8 Å². The van der Waals surface area contributed by atoms with Gasteiger partial charge in [0.25, 0.3) is 0 Å². The molecular formula is C12H15FN4S. The lowest BCUT2D eigenvalue weighted by atomic mass is 10.1. The summed E-state index contributed by atoms with van der Waals surface area (Å²) in [7, 11) is 1.93. The largest absolute Gasteiger partial charge is 0.374 e. The van der Waals surface area contributed by atoms with Crippen LogP contribution in [-0.2, 0) is 6.54 Å². The molecule has 1 aromatic carbocycles. The third-order valence-corrected chi connectivity index (χ3v) is 3.62. The van der Waals surface area contributed by atoms with Crippen LogP contribution in [0.2, 0.25) is 0 Å². The first-order valence-electron chi connectivity index (χ1n) is 5.60. The summed E-state index contributed by atoms with van der Waals surface area (Å²) < 4.78 is 13.7. The summed E-state index contributed by atoms with van der Waals surface area (Å²) in [5, 5.41) is 9.01. The second-order valence-electron chi connectivity index (χ2n) is 4.15. The Bertz CT molecular complexity index is 528. The Morgan fingerprint density at radius 3 is 2.72 bits per heavy atom. The molecule has 2 N–H and O–H groups in total. The van der Waals surface area contributed by atoms with Crippen LogP contribution in [0.4, 0.5) is 9.52 Å². The predicted octanol–water partition coefficient (Wildman–Crippen LogP) is 2.45. The molecule has 0 saturated heterocycles. The van der Waals surface area contributed by atoms with E-state index in [0.717, 1.165) is 5.01 Å². The van der Waals surface area contributed by atoms with Gasteiger partial charge >= 0.3 is 0 Å². The number of hydrogen-bond acceptors (Lipinski definition) is 5. The number of aromatic nitrogens is 2. The lowest BCUT2D eigenvalue weighted by Gasteiger charge is -2.24. The number of nitrogen functional groups attached to an aromatic ring is 1. The number of hydrogen-bond donors (Lipinski definition) is 1. The molecule has 1 unspecified atom stereocenters. The van der Waals surface area contributed by atoms with E-state index in [0.29, 0.717) is 17.2 Å². The minimum Gasteiger partial charge on any atom is -0.374 e. The highest BCUT2D eigenvalue weighted by atomic mass is 32.1. The van der Waals surface area contributed by atoms with E-state index in [-0.39, 0.29) is 11.9 Å². The Kier molecular flexibility index (Phi) is 3.88. The van der Waals surface area contributed by atoms with Gasteiger partial charge in [-0.15, -0.1) is 10.2 Å². The van der Waals surface area contributed by atoms with Gasteiger partial charge in [0.05, 0.1) is 6.54 Å². The fourth-order valence-corrected chi connectivity index (χ4v) is 2.40. The monoisotopic (exact) mass is 266 g/mol. The molecule has 4 nitrogen and oxygen atoms in total. The lowest BCUT2D eigenvalue weighted by Crippen LogP contribution is -2.22. The molecule has 1 atom stereocenters. The maximum absolute atomic E-state index is 13.7. The highest BCUT2D eigenvalue weighted by molar-refractivity contribution is 7.15. The van der Waals surface area contributed by atoms with Crippen LogP contribution in [0.1, 0.15) is 23.5 Å². The third-order valence-electron chi connectivity index (χ3n) is 2.88. The number of anilines is 1. The topological polar surface area (TPSA) is 55.0 Å². The van der Waals surface area contributed by atoms with Gasteiger partial charge in [-0.25, -0.2) is 4.39 Å². The fraction of sp³-hybridized carbons (Fsp3) is 0.333. The van der Waals surface area contributed by atoms with Crippen LogP contribution in [0.25, 0.3) is 0 Å². The number of nitrogens with two attached hydrogens (primary N) is 1. The molecule has 0 amide bonds. The zero-order chi connectivity index (χ0) is 13.1. The first-order chi connectivity index (χ1) is 8.58. The summed E-state index contributed by atoms with van der Waals surface area (Å²) in [5.74, 6) is -0.186. The average Bonchev–Trinajstić information content (AvgIpc) is 2.74. The van der Waals surface area contributed by atoms with Crippen LogP contribution < -0.4 is 5.73 Å². The summed E-state index contributed by atoms with van der Waals surface area (Å²) in [6.45, 7) is 2.56. The van der Waals surface area contributed by atoms with Crippen LogP contribution in [0.15, 0.2) is 24.3 Å². The van der Waals surface area contributed by atoms with Crippen molar-refractivity contribution in [1.82, 2.24) is 15.1 Å². The van der Waals surface area contributed by atoms with Gasteiger partial charge in [0.15, 0.2) is 0 Å². The van der Waals surface area contributed by atoms with E-state index in [2.05, 4.69) is 10.2 Å². The summed E-state index contributed by atoms with van der Waals surface area (Å²) in [5.41, 5.74) is 6.21. The molecule has 0 bridgehead atoms. The Labute approximate surface area is 109 Å². The molecule has 18 heavy (non-hydrogen) atoms. The highest BCUT2D eigenvalue weighted by Gasteiger charge is 2.16. The first-order valence-corrected chi connectivity index (χ1v) is 6.42. The molecule has 1 aromatic heterocycles. The van der Waals surface area contributed by atoms with Gasteiger partial charge in [-0.1, -0.05) is 29.5 Å². The molecule has 6 heteroatoms. The Hall–Kier alpha value is -1.53. The molecule has 0 saturated carbocycles. The Balaban J connectivity index is 2.09. The van der Waals surface area contributed by atoms with Crippen molar-refractivity contribution >= 4 is 16.5 Å². The van der Waals surface area contributed by atoms with E-state index in [4.69, 9.17) is 5.73 Å². The quantitative estimate of drug-likeness (QED) is 0.923. The fourth-order valence-electron chi connectivity index (χ4n) is 1.73. The van der Waals surface area contributed by atoms with Gasteiger partial charge in [-0.3, -0.25) is 4.90 Å². The SMILES string of the molecule is CC(c1ccccc1F)N(C)Cc1nnc(N)s1. The first kappa shape index (κ1) is 12.9. The standard InChI is InChI=1S/C12H15FN4S/c1-8(9-5-3-4-6-10(9)13)17(2)7-11-15-16-12(14)18-11/h3-6,8H,7H2,1-2H3,(H2,14,16). The molecule has 0 aliphatic rings. The van der Waals surface area contributed by atoms with Crippen LogP contribution in [0, 0.1) is 5.82 Å². The summed E-state index contributed by atoms with van der Waals surface area (Å²) >= 11 is 1.35. The van der Waals surface area contributed by atoms with Gasteiger partial charge in [-0.05, 0) is 20.0 Å². The molecule has 0 radical (unpaired) electrons. The minimum atomic E-state index is -0.186. The van der Waals surface area contributed by atoms with Crippen LogP contribution in [0.3, 0.4) is 0 Å². The second kappa shape index (κ2) is 5.41. The normalized spacial score (nSPS) is 12.9. The van der Waals surface area contributed by atoms with Gasteiger partial charge in [0, 0.05) is 11.6 Å². The molecule has 0 aliphatic heterocycles. The van der Waals surface area contributed by atoms with Crippen molar-refractivity contribution in [3.63, 3.8) is 0 Å². The molecule has 1 heterocycles. The van der Waals surface area contributed by atoms with Crippen LogP contribution >= 0.6 is 11.3 Å².